The number of piperidine rings is 1. The minimum atomic E-state index is 0. The van der Waals surface area contributed by atoms with Gasteiger partial charge in [-0.1, -0.05) is 83.9 Å². The lowest BCUT2D eigenvalue weighted by molar-refractivity contribution is -0.921. The fourth-order valence-electron chi connectivity index (χ4n) is 3.93. The molecule has 0 bridgehead atoms. The van der Waals surface area contributed by atoms with Crippen LogP contribution in [-0.4, -0.2) is 30.7 Å². The van der Waals surface area contributed by atoms with Gasteiger partial charge in [0.15, 0.2) is 0 Å². The van der Waals surface area contributed by atoms with Gasteiger partial charge in [-0.25, -0.2) is 0 Å². The van der Waals surface area contributed by atoms with Crippen LogP contribution in [-0.2, 0) is 12.8 Å². The van der Waals surface area contributed by atoms with E-state index < -0.39 is 0 Å². The Hall–Kier alpha value is -1.25. The summed E-state index contributed by atoms with van der Waals surface area (Å²) in [4.78, 5) is 0. The van der Waals surface area contributed by atoms with Gasteiger partial charge in [0.25, 0.3) is 0 Å². The molecule has 0 aromatic heterocycles. The summed E-state index contributed by atoms with van der Waals surface area (Å²) < 4.78 is 1.07. The zero-order valence-corrected chi connectivity index (χ0v) is 19.1. The fraction of sp³-hybridized carbons (Fsp3) is 0.360. The predicted octanol–water partition coefficient (Wildman–Crippen LogP) is 3.72. The maximum atomic E-state index is 6.58. The quantitative estimate of drug-likeness (QED) is 0.538. The third-order valence-electron chi connectivity index (χ3n) is 5.60. The molecule has 4 heteroatoms. The summed E-state index contributed by atoms with van der Waals surface area (Å²) in [7, 11) is 0. The third kappa shape index (κ3) is 8.18. The van der Waals surface area contributed by atoms with Crippen molar-refractivity contribution in [3.63, 3.8) is 0 Å². The van der Waals surface area contributed by atoms with Gasteiger partial charge in [-0.05, 0) is 42.5 Å². The molecule has 2 aromatic carbocycles. The van der Waals surface area contributed by atoms with Crippen molar-refractivity contribution >= 4 is 23.2 Å². The van der Waals surface area contributed by atoms with Gasteiger partial charge < -0.3 is 16.9 Å². The second-order valence-corrected chi connectivity index (χ2v) is 8.81. The normalized spacial score (nSPS) is 16.9. The number of hydrogen-bond acceptors (Lipinski definition) is 0. The van der Waals surface area contributed by atoms with Crippen LogP contribution in [0.5, 0.6) is 0 Å². The molecule has 29 heavy (non-hydrogen) atoms. The van der Waals surface area contributed by atoms with Crippen LogP contribution < -0.4 is 12.4 Å². The summed E-state index contributed by atoms with van der Waals surface area (Å²) in [6.45, 7) is 4.38. The van der Waals surface area contributed by atoms with Gasteiger partial charge in [0.2, 0.25) is 0 Å². The number of halogens is 3. The molecule has 0 aliphatic carbocycles. The number of quaternary nitrogens is 1. The average molecular weight is 451 g/mol. The van der Waals surface area contributed by atoms with Crippen molar-refractivity contribution in [1.82, 2.24) is 0 Å². The molecule has 2 aromatic rings. The SMILES string of the molecule is ClC(=CC[N+]1(CC=C(Cl)Cc2ccccc2)CCCCC1)Cc1ccccc1.[Cl-]. The maximum Gasteiger partial charge on any atom is 0.0990 e. The summed E-state index contributed by atoms with van der Waals surface area (Å²) >= 11 is 13.2. The molecule has 1 saturated heterocycles. The molecule has 0 spiro atoms. The van der Waals surface area contributed by atoms with E-state index in [0.717, 1.165) is 40.5 Å². The van der Waals surface area contributed by atoms with Crippen LogP contribution in [0.25, 0.3) is 0 Å². The fourth-order valence-corrected chi connectivity index (χ4v) is 4.38. The van der Waals surface area contributed by atoms with Crippen LogP contribution in [0.4, 0.5) is 0 Å². The molecule has 1 aliphatic heterocycles. The third-order valence-corrected chi connectivity index (χ3v) is 6.17. The molecule has 0 radical (unpaired) electrons. The van der Waals surface area contributed by atoms with Crippen molar-refractivity contribution in [2.45, 2.75) is 32.1 Å². The van der Waals surface area contributed by atoms with Crippen LogP contribution in [0, 0.1) is 0 Å². The molecule has 0 atom stereocenters. The lowest BCUT2D eigenvalue weighted by Crippen LogP contribution is -3.00. The number of rotatable bonds is 8. The predicted molar refractivity (Wildman–Crippen MR) is 122 cm³/mol. The van der Waals surface area contributed by atoms with E-state index in [1.807, 2.05) is 12.1 Å². The first-order valence-corrected chi connectivity index (χ1v) is 11.0. The number of allylic oxidation sites excluding steroid dienone is 2. The van der Waals surface area contributed by atoms with E-state index in [0.29, 0.717) is 0 Å². The molecule has 0 amide bonds. The van der Waals surface area contributed by atoms with E-state index in [1.54, 1.807) is 0 Å². The van der Waals surface area contributed by atoms with E-state index in [2.05, 4.69) is 60.7 Å². The minimum absolute atomic E-state index is 0. The summed E-state index contributed by atoms with van der Waals surface area (Å²) in [5, 5.41) is 1.88. The van der Waals surface area contributed by atoms with Crippen molar-refractivity contribution in [3.8, 4) is 0 Å². The number of hydrogen-bond donors (Lipinski definition) is 0. The highest BCUT2D eigenvalue weighted by molar-refractivity contribution is 6.30. The molecule has 0 N–H and O–H groups in total. The molecule has 0 saturated carbocycles. The Balaban J connectivity index is 0.00000300. The van der Waals surface area contributed by atoms with Gasteiger partial charge in [-0.2, -0.15) is 0 Å². The van der Waals surface area contributed by atoms with Crippen LogP contribution in [0.2, 0.25) is 0 Å². The molecule has 1 fully saturated rings. The first kappa shape index (κ1) is 24.0. The topological polar surface area (TPSA) is 0 Å². The number of likely N-dealkylation sites (tertiary alicyclic amines) is 1. The van der Waals surface area contributed by atoms with Crippen molar-refractivity contribution in [2.75, 3.05) is 26.2 Å². The maximum absolute atomic E-state index is 6.58. The highest BCUT2D eigenvalue weighted by atomic mass is 35.5. The van der Waals surface area contributed by atoms with Crippen molar-refractivity contribution < 1.29 is 16.9 Å². The molecule has 1 aliphatic rings. The lowest BCUT2D eigenvalue weighted by atomic mass is 10.1. The van der Waals surface area contributed by atoms with Gasteiger partial charge in [0, 0.05) is 22.9 Å². The number of benzene rings is 2. The van der Waals surface area contributed by atoms with Crippen molar-refractivity contribution in [1.29, 1.82) is 0 Å². The molecular weight excluding hydrogens is 421 g/mol. The number of nitrogens with zero attached hydrogens (tertiary/aromatic N) is 1. The zero-order valence-electron chi connectivity index (χ0n) is 16.9. The first-order chi connectivity index (χ1) is 13.7. The summed E-state index contributed by atoms with van der Waals surface area (Å²) in [6.07, 6.45) is 10.0. The van der Waals surface area contributed by atoms with E-state index in [4.69, 9.17) is 23.2 Å². The van der Waals surface area contributed by atoms with Crippen LogP contribution in [0.1, 0.15) is 30.4 Å². The Morgan fingerprint density at radius 2 is 1.10 bits per heavy atom. The van der Waals surface area contributed by atoms with Gasteiger partial charge in [0.1, 0.15) is 0 Å². The van der Waals surface area contributed by atoms with Crippen molar-refractivity contribution in [2.24, 2.45) is 0 Å². The molecule has 1 nitrogen and oxygen atoms in total. The van der Waals surface area contributed by atoms with Crippen LogP contribution in [0.15, 0.2) is 82.9 Å². The van der Waals surface area contributed by atoms with Gasteiger partial charge in [-0.15, -0.1) is 0 Å². The van der Waals surface area contributed by atoms with Crippen LogP contribution in [0.3, 0.4) is 0 Å². The van der Waals surface area contributed by atoms with Crippen molar-refractivity contribution in [3.05, 3.63) is 94.0 Å². The van der Waals surface area contributed by atoms with E-state index in [-0.39, 0.29) is 12.4 Å². The Morgan fingerprint density at radius 3 is 1.52 bits per heavy atom. The first-order valence-electron chi connectivity index (χ1n) is 10.3. The second kappa shape index (κ2) is 12.4. The van der Waals surface area contributed by atoms with E-state index in [1.165, 1.54) is 43.5 Å². The highest BCUT2D eigenvalue weighted by Crippen LogP contribution is 2.22. The van der Waals surface area contributed by atoms with E-state index >= 15 is 0 Å². The van der Waals surface area contributed by atoms with Gasteiger partial charge in [0.05, 0.1) is 26.2 Å². The Bertz CT molecular complexity index is 717. The average Bonchev–Trinajstić information content (AvgIpc) is 2.73. The van der Waals surface area contributed by atoms with Crippen LogP contribution >= 0.6 is 23.2 Å². The molecular formula is C25H30Cl3N. The molecule has 1 heterocycles. The van der Waals surface area contributed by atoms with E-state index in [9.17, 15) is 0 Å². The highest BCUT2D eigenvalue weighted by Gasteiger charge is 2.28. The minimum Gasteiger partial charge on any atom is -1.00 e. The van der Waals surface area contributed by atoms with Gasteiger partial charge in [-0.3, -0.25) is 0 Å². The lowest BCUT2D eigenvalue weighted by Gasteiger charge is -2.40. The second-order valence-electron chi connectivity index (χ2n) is 7.84. The Kier molecular flexibility index (Phi) is 10.3. The summed E-state index contributed by atoms with van der Waals surface area (Å²) in [5.74, 6) is 0. The Morgan fingerprint density at radius 1 is 0.690 bits per heavy atom. The van der Waals surface area contributed by atoms with Gasteiger partial charge >= 0.3 is 0 Å². The summed E-state index contributed by atoms with van der Waals surface area (Å²) in [6, 6.07) is 20.9. The monoisotopic (exact) mass is 449 g/mol. The standard InChI is InChI=1S/C25H30Cl2N.ClH/c26-24(20-22-10-4-1-5-11-22)14-18-28(16-8-3-9-17-28)19-15-25(27)21-23-12-6-2-7-13-23;/h1-2,4-7,10-15H,3,8-9,16-21H2;1H/q+1;/p-1. The smallest absolute Gasteiger partial charge is 0.0990 e. The summed E-state index contributed by atoms with van der Waals surface area (Å²) in [5.41, 5.74) is 2.53. The molecule has 3 rings (SSSR count). The Labute approximate surface area is 192 Å². The largest absolute Gasteiger partial charge is 1.00 e. The molecule has 156 valence electrons. The molecule has 0 unspecified atom stereocenters. The zero-order chi connectivity index (χ0) is 19.7.